The Morgan fingerprint density at radius 2 is 2.14 bits per heavy atom. The lowest BCUT2D eigenvalue weighted by molar-refractivity contribution is 0.411. The molecule has 0 N–H and O–H groups in total. The second kappa shape index (κ2) is 3.52. The molecule has 2 rings (SSSR count). The fourth-order valence-corrected chi connectivity index (χ4v) is 2.14. The van der Waals surface area contributed by atoms with Crippen LogP contribution in [-0.2, 0) is 6.42 Å². The zero-order valence-corrected chi connectivity index (χ0v) is 9.13. The zero-order chi connectivity index (χ0) is 10.1. The van der Waals surface area contributed by atoms with Crippen LogP contribution in [0.5, 0.6) is 5.75 Å². The Bertz CT molecular complexity index is 346. The minimum atomic E-state index is 0.998. The fraction of sp³-hybridized carbons (Fsp3) is 0.500. The van der Waals surface area contributed by atoms with Crippen molar-refractivity contribution in [2.45, 2.75) is 19.8 Å². The SMILES string of the molecule is COc1cc2c(cc1C)CCCN2C. The average Bonchev–Trinajstić information content (AvgIpc) is 2.17. The summed E-state index contributed by atoms with van der Waals surface area (Å²) >= 11 is 0. The van der Waals surface area contributed by atoms with Gasteiger partial charge in [-0.15, -0.1) is 0 Å². The van der Waals surface area contributed by atoms with Crippen molar-refractivity contribution in [3.63, 3.8) is 0 Å². The molecule has 0 amide bonds. The van der Waals surface area contributed by atoms with Crippen LogP contribution < -0.4 is 9.64 Å². The van der Waals surface area contributed by atoms with E-state index in [2.05, 4.69) is 31.0 Å². The second-order valence-electron chi connectivity index (χ2n) is 3.98. The van der Waals surface area contributed by atoms with E-state index in [1.165, 1.54) is 29.7 Å². The highest BCUT2D eigenvalue weighted by atomic mass is 16.5. The highest BCUT2D eigenvalue weighted by Crippen LogP contribution is 2.32. The lowest BCUT2D eigenvalue weighted by Gasteiger charge is -2.28. The number of hydrogen-bond donors (Lipinski definition) is 0. The van der Waals surface area contributed by atoms with Gasteiger partial charge < -0.3 is 9.64 Å². The third-order valence-electron chi connectivity index (χ3n) is 2.95. The van der Waals surface area contributed by atoms with Gasteiger partial charge in [0.2, 0.25) is 0 Å². The Labute approximate surface area is 85.5 Å². The molecule has 0 saturated heterocycles. The summed E-state index contributed by atoms with van der Waals surface area (Å²) < 4.78 is 5.33. The van der Waals surface area contributed by atoms with Crippen LogP contribution in [0.4, 0.5) is 5.69 Å². The van der Waals surface area contributed by atoms with Crippen molar-refractivity contribution in [3.05, 3.63) is 23.3 Å². The number of ether oxygens (including phenoxy) is 1. The van der Waals surface area contributed by atoms with Crippen LogP contribution >= 0.6 is 0 Å². The van der Waals surface area contributed by atoms with E-state index in [0.717, 1.165) is 12.3 Å². The van der Waals surface area contributed by atoms with Gasteiger partial charge in [0.25, 0.3) is 0 Å². The summed E-state index contributed by atoms with van der Waals surface area (Å²) in [7, 11) is 3.88. The van der Waals surface area contributed by atoms with Crippen LogP contribution in [0.15, 0.2) is 12.1 Å². The van der Waals surface area contributed by atoms with Crippen LogP contribution in [0.3, 0.4) is 0 Å². The molecule has 14 heavy (non-hydrogen) atoms. The molecule has 0 aromatic heterocycles. The maximum absolute atomic E-state index is 5.33. The van der Waals surface area contributed by atoms with Crippen molar-refractivity contribution >= 4 is 5.69 Å². The summed E-state index contributed by atoms with van der Waals surface area (Å²) in [6, 6.07) is 4.41. The molecule has 0 fully saturated rings. The van der Waals surface area contributed by atoms with E-state index in [1.807, 2.05) is 0 Å². The van der Waals surface area contributed by atoms with Gasteiger partial charge in [0.15, 0.2) is 0 Å². The number of nitrogens with zero attached hydrogens (tertiary/aromatic N) is 1. The summed E-state index contributed by atoms with van der Waals surface area (Å²) in [5, 5.41) is 0. The van der Waals surface area contributed by atoms with Gasteiger partial charge in [-0.05, 0) is 30.9 Å². The highest BCUT2D eigenvalue weighted by molar-refractivity contribution is 5.60. The summed E-state index contributed by atoms with van der Waals surface area (Å²) in [4.78, 5) is 2.31. The topological polar surface area (TPSA) is 12.5 Å². The van der Waals surface area contributed by atoms with Crippen molar-refractivity contribution in [1.82, 2.24) is 0 Å². The first-order valence-corrected chi connectivity index (χ1v) is 5.11. The van der Waals surface area contributed by atoms with Gasteiger partial charge >= 0.3 is 0 Å². The van der Waals surface area contributed by atoms with Crippen molar-refractivity contribution in [3.8, 4) is 5.75 Å². The number of aryl methyl sites for hydroxylation is 2. The van der Waals surface area contributed by atoms with Crippen LogP contribution in [-0.4, -0.2) is 20.7 Å². The zero-order valence-electron chi connectivity index (χ0n) is 9.13. The molecule has 1 aliphatic rings. The molecule has 0 aliphatic carbocycles. The maximum Gasteiger partial charge on any atom is 0.123 e. The average molecular weight is 191 g/mol. The van der Waals surface area contributed by atoms with Gasteiger partial charge in [-0.25, -0.2) is 0 Å². The molecule has 0 unspecified atom stereocenters. The van der Waals surface area contributed by atoms with E-state index in [-0.39, 0.29) is 0 Å². The van der Waals surface area contributed by atoms with Crippen molar-refractivity contribution < 1.29 is 4.74 Å². The van der Waals surface area contributed by atoms with E-state index < -0.39 is 0 Å². The molecule has 1 aromatic rings. The van der Waals surface area contributed by atoms with Gasteiger partial charge in [0, 0.05) is 25.3 Å². The Morgan fingerprint density at radius 3 is 2.86 bits per heavy atom. The Balaban J connectivity index is 2.49. The van der Waals surface area contributed by atoms with Gasteiger partial charge in [-0.1, -0.05) is 6.07 Å². The third kappa shape index (κ3) is 1.45. The molecule has 1 heterocycles. The molecule has 0 spiro atoms. The lowest BCUT2D eigenvalue weighted by Crippen LogP contribution is -2.24. The summed E-state index contributed by atoms with van der Waals surface area (Å²) in [5.41, 5.74) is 4.03. The Kier molecular flexibility index (Phi) is 2.36. The molecule has 0 radical (unpaired) electrons. The van der Waals surface area contributed by atoms with Gasteiger partial charge in [-0.2, -0.15) is 0 Å². The van der Waals surface area contributed by atoms with Crippen molar-refractivity contribution in [2.75, 3.05) is 25.6 Å². The number of benzene rings is 1. The predicted molar refractivity (Wildman–Crippen MR) is 59.3 cm³/mol. The molecule has 76 valence electrons. The number of hydrogen-bond acceptors (Lipinski definition) is 2. The van der Waals surface area contributed by atoms with Crippen LogP contribution in [0.25, 0.3) is 0 Å². The third-order valence-corrected chi connectivity index (χ3v) is 2.95. The quantitative estimate of drug-likeness (QED) is 0.675. The monoisotopic (exact) mass is 191 g/mol. The molecule has 1 aromatic carbocycles. The molecular weight excluding hydrogens is 174 g/mol. The fourth-order valence-electron chi connectivity index (χ4n) is 2.14. The summed E-state index contributed by atoms with van der Waals surface area (Å²) in [6.45, 7) is 3.26. The van der Waals surface area contributed by atoms with E-state index in [9.17, 15) is 0 Å². The number of methoxy groups -OCH3 is 1. The summed E-state index contributed by atoms with van der Waals surface area (Å²) in [6.07, 6.45) is 2.46. The summed E-state index contributed by atoms with van der Waals surface area (Å²) in [5.74, 6) is 0.998. The normalized spacial score (nSPS) is 15.2. The first-order chi connectivity index (χ1) is 6.72. The van der Waals surface area contributed by atoms with E-state index in [4.69, 9.17) is 4.74 Å². The molecule has 1 aliphatic heterocycles. The van der Waals surface area contributed by atoms with Crippen LogP contribution in [0.1, 0.15) is 17.5 Å². The lowest BCUT2D eigenvalue weighted by atomic mass is 9.99. The molecule has 0 saturated carbocycles. The Morgan fingerprint density at radius 1 is 1.36 bits per heavy atom. The van der Waals surface area contributed by atoms with Gasteiger partial charge in [-0.3, -0.25) is 0 Å². The number of fused-ring (bicyclic) bond motifs is 1. The van der Waals surface area contributed by atoms with E-state index in [1.54, 1.807) is 7.11 Å². The van der Waals surface area contributed by atoms with Crippen LogP contribution in [0.2, 0.25) is 0 Å². The van der Waals surface area contributed by atoms with Gasteiger partial charge in [0.05, 0.1) is 7.11 Å². The second-order valence-corrected chi connectivity index (χ2v) is 3.98. The highest BCUT2D eigenvalue weighted by Gasteiger charge is 2.15. The molecule has 0 atom stereocenters. The smallest absolute Gasteiger partial charge is 0.123 e. The van der Waals surface area contributed by atoms with Crippen molar-refractivity contribution in [2.24, 2.45) is 0 Å². The predicted octanol–water partition coefficient (Wildman–Crippen LogP) is 2.39. The number of anilines is 1. The largest absolute Gasteiger partial charge is 0.496 e. The molecule has 2 nitrogen and oxygen atoms in total. The molecule has 0 bridgehead atoms. The molecular formula is C12H17NO. The van der Waals surface area contributed by atoms with Gasteiger partial charge in [0.1, 0.15) is 5.75 Å². The number of rotatable bonds is 1. The standard InChI is InChI=1S/C12H17NO/c1-9-7-10-5-4-6-13(2)11(10)8-12(9)14-3/h7-8H,4-6H2,1-3H3. The minimum Gasteiger partial charge on any atom is -0.496 e. The van der Waals surface area contributed by atoms with Crippen LogP contribution in [0, 0.1) is 6.92 Å². The van der Waals surface area contributed by atoms with E-state index >= 15 is 0 Å². The Hall–Kier alpha value is -1.18. The minimum absolute atomic E-state index is 0.998. The van der Waals surface area contributed by atoms with Crippen molar-refractivity contribution in [1.29, 1.82) is 0 Å². The molecule has 2 heteroatoms. The first kappa shape index (κ1) is 9.38. The maximum atomic E-state index is 5.33. The van der Waals surface area contributed by atoms with E-state index in [0.29, 0.717) is 0 Å². The first-order valence-electron chi connectivity index (χ1n) is 5.11.